The van der Waals surface area contributed by atoms with Gasteiger partial charge in [-0.15, -0.1) is 10.2 Å². The van der Waals surface area contributed by atoms with E-state index < -0.39 is 34.4 Å². The highest BCUT2D eigenvalue weighted by atomic mass is 32.1. The van der Waals surface area contributed by atoms with Crippen LogP contribution in [0.2, 0.25) is 0 Å². The Kier molecular flexibility index (Phi) is 7.37. The molecule has 1 fully saturated rings. The van der Waals surface area contributed by atoms with E-state index >= 15 is 0 Å². The maximum atomic E-state index is 14.0. The second-order valence-electron chi connectivity index (χ2n) is 8.99. The van der Waals surface area contributed by atoms with Crippen LogP contribution in [-0.2, 0) is 11.2 Å². The second-order valence-corrected chi connectivity index (χ2v) is 10.1. The molecule has 0 spiro atoms. The summed E-state index contributed by atoms with van der Waals surface area (Å²) in [6.07, 6.45) is 3.22. The summed E-state index contributed by atoms with van der Waals surface area (Å²) in [5.41, 5.74) is 3.74. The third kappa shape index (κ3) is 5.09. The highest BCUT2D eigenvalue weighted by Crippen LogP contribution is 2.35. The van der Waals surface area contributed by atoms with Gasteiger partial charge in [-0.25, -0.2) is 8.78 Å². The van der Waals surface area contributed by atoms with Crippen molar-refractivity contribution < 1.29 is 23.5 Å². The van der Waals surface area contributed by atoms with Crippen LogP contribution < -0.4 is 16.5 Å². The Bertz CT molecular complexity index is 1400. The van der Waals surface area contributed by atoms with Crippen LogP contribution in [0.1, 0.15) is 46.7 Å². The minimum absolute atomic E-state index is 0.00896. The Morgan fingerprint density at radius 3 is 2.62 bits per heavy atom. The molecule has 13 heteroatoms. The molecule has 37 heavy (non-hydrogen) atoms. The number of halogens is 2. The molecule has 196 valence electrons. The van der Waals surface area contributed by atoms with Gasteiger partial charge < -0.3 is 20.7 Å². The molecule has 10 nitrogen and oxygen atoms in total. The summed E-state index contributed by atoms with van der Waals surface area (Å²) < 4.78 is 27.1. The molecule has 0 bridgehead atoms. The SMILES string of the molecule is CNC1(N(C)C(=O)c2[nH]cc(-c3nnc(Cc4ccc(F)cc4F)s3)c(=O)c2O)CCC(C(N)=O)CC1. The van der Waals surface area contributed by atoms with E-state index in [2.05, 4.69) is 20.5 Å². The highest BCUT2D eigenvalue weighted by molar-refractivity contribution is 7.14. The standard InChI is InChI=1S/C24H26F2N6O4S/c1-28-24(7-5-12(6-8-24)21(27)35)32(2)23(36)18-20(34)19(33)15(11-29-18)22-31-30-17(37-22)9-13-3-4-14(25)10-16(13)26/h3-4,10-12,28,34H,5-9H2,1-2H3,(H2,27,35)(H,29,33). The van der Waals surface area contributed by atoms with Crippen molar-refractivity contribution >= 4 is 23.2 Å². The van der Waals surface area contributed by atoms with E-state index in [9.17, 15) is 28.3 Å². The van der Waals surface area contributed by atoms with E-state index in [0.717, 1.165) is 23.5 Å². The van der Waals surface area contributed by atoms with E-state index in [1.165, 1.54) is 17.2 Å². The van der Waals surface area contributed by atoms with E-state index in [4.69, 9.17) is 5.73 Å². The largest absolute Gasteiger partial charge is 0.503 e. The fraction of sp³-hybridized carbons (Fsp3) is 0.375. The average molecular weight is 533 g/mol. The first-order valence-electron chi connectivity index (χ1n) is 11.5. The van der Waals surface area contributed by atoms with E-state index in [1.54, 1.807) is 14.1 Å². The number of aromatic amines is 1. The molecule has 3 aromatic rings. The van der Waals surface area contributed by atoms with Gasteiger partial charge in [0.2, 0.25) is 11.3 Å². The number of aromatic nitrogens is 3. The topological polar surface area (TPSA) is 154 Å². The average Bonchev–Trinajstić information content (AvgIpc) is 3.34. The van der Waals surface area contributed by atoms with Gasteiger partial charge in [-0.2, -0.15) is 0 Å². The molecule has 5 N–H and O–H groups in total. The number of rotatable bonds is 7. The van der Waals surface area contributed by atoms with Crippen molar-refractivity contribution in [2.24, 2.45) is 11.7 Å². The van der Waals surface area contributed by atoms with Crippen LogP contribution in [0, 0.1) is 17.6 Å². The normalized spacial score (nSPS) is 19.5. The number of aromatic hydroxyl groups is 1. The van der Waals surface area contributed by atoms with Gasteiger partial charge in [0.1, 0.15) is 16.6 Å². The third-order valence-corrected chi connectivity index (χ3v) is 7.91. The summed E-state index contributed by atoms with van der Waals surface area (Å²) in [7, 11) is 3.26. The first-order chi connectivity index (χ1) is 17.6. The monoisotopic (exact) mass is 532 g/mol. The van der Waals surface area contributed by atoms with Gasteiger partial charge in [0.25, 0.3) is 5.91 Å². The Morgan fingerprint density at radius 1 is 1.30 bits per heavy atom. The van der Waals surface area contributed by atoms with Crippen LogP contribution in [0.3, 0.4) is 0 Å². The van der Waals surface area contributed by atoms with E-state index in [1.807, 2.05) is 0 Å². The summed E-state index contributed by atoms with van der Waals surface area (Å²) in [5.74, 6) is -3.44. The maximum absolute atomic E-state index is 14.0. The molecule has 2 heterocycles. The van der Waals surface area contributed by atoms with Crippen molar-refractivity contribution in [3.63, 3.8) is 0 Å². The smallest absolute Gasteiger partial charge is 0.275 e. The molecule has 0 atom stereocenters. The number of carbonyl (C=O) groups excluding carboxylic acids is 2. The van der Waals surface area contributed by atoms with Crippen molar-refractivity contribution in [2.75, 3.05) is 14.1 Å². The van der Waals surface area contributed by atoms with Crippen LogP contribution in [-0.4, -0.2) is 56.8 Å². The summed E-state index contributed by atoms with van der Waals surface area (Å²) in [6, 6.07) is 3.21. The second kappa shape index (κ2) is 10.3. The molecule has 0 saturated heterocycles. The minimum atomic E-state index is -0.817. The summed E-state index contributed by atoms with van der Waals surface area (Å²) >= 11 is 1.01. The Morgan fingerprint density at radius 2 is 2.00 bits per heavy atom. The molecule has 0 unspecified atom stereocenters. The zero-order valence-corrected chi connectivity index (χ0v) is 21.0. The minimum Gasteiger partial charge on any atom is -0.503 e. The molecule has 4 rings (SSSR count). The number of primary amides is 1. The number of pyridine rings is 1. The van der Waals surface area contributed by atoms with Gasteiger partial charge in [0.05, 0.1) is 11.2 Å². The predicted molar refractivity (Wildman–Crippen MR) is 132 cm³/mol. The van der Waals surface area contributed by atoms with Gasteiger partial charge in [0, 0.05) is 31.6 Å². The highest BCUT2D eigenvalue weighted by Gasteiger charge is 2.42. The van der Waals surface area contributed by atoms with Crippen molar-refractivity contribution in [3.05, 3.63) is 62.5 Å². The third-order valence-electron chi connectivity index (χ3n) is 6.95. The lowest BCUT2D eigenvalue weighted by molar-refractivity contribution is -0.123. The fourth-order valence-electron chi connectivity index (χ4n) is 4.60. The molecule has 1 aliphatic rings. The van der Waals surface area contributed by atoms with Gasteiger partial charge in [0.15, 0.2) is 16.5 Å². The number of amides is 2. The quantitative estimate of drug-likeness (QED) is 0.340. The van der Waals surface area contributed by atoms with Crippen LogP contribution in [0.15, 0.2) is 29.2 Å². The first-order valence-corrected chi connectivity index (χ1v) is 12.4. The lowest BCUT2D eigenvalue weighted by Gasteiger charge is -2.45. The number of nitrogens with zero attached hydrogens (tertiary/aromatic N) is 3. The molecule has 1 saturated carbocycles. The molecule has 0 aliphatic heterocycles. The Labute approximate surface area is 214 Å². The van der Waals surface area contributed by atoms with Crippen LogP contribution in [0.25, 0.3) is 10.6 Å². The number of nitrogens with two attached hydrogens (primary N) is 1. The van der Waals surface area contributed by atoms with E-state index in [-0.39, 0.29) is 40.1 Å². The number of benzene rings is 1. The van der Waals surface area contributed by atoms with Crippen LogP contribution in [0.5, 0.6) is 5.75 Å². The maximum Gasteiger partial charge on any atom is 0.275 e. The number of carbonyl (C=O) groups is 2. The molecule has 1 aromatic carbocycles. The fourth-order valence-corrected chi connectivity index (χ4v) is 5.47. The van der Waals surface area contributed by atoms with Crippen LogP contribution >= 0.6 is 11.3 Å². The zero-order chi connectivity index (χ0) is 26.9. The van der Waals surface area contributed by atoms with Gasteiger partial charge in [-0.1, -0.05) is 17.4 Å². The van der Waals surface area contributed by atoms with Crippen molar-refractivity contribution in [1.29, 1.82) is 0 Å². The van der Waals surface area contributed by atoms with Gasteiger partial charge >= 0.3 is 0 Å². The molecule has 1 aliphatic carbocycles. The lowest BCUT2D eigenvalue weighted by atomic mass is 9.80. The number of hydrogen-bond donors (Lipinski definition) is 4. The Hall–Kier alpha value is -3.71. The van der Waals surface area contributed by atoms with E-state index in [0.29, 0.717) is 30.7 Å². The van der Waals surface area contributed by atoms with Crippen molar-refractivity contribution in [2.45, 2.75) is 37.8 Å². The van der Waals surface area contributed by atoms with Crippen molar-refractivity contribution in [1.82, 2.24) is 25.4 Å². The summed E-state index contributed by atoms with van der Waals surface area (Å²) in [6.45, 7) is 0. The first kappa shape index (κ1) is 26.4. The summed E-state index contributed by atoms with van der Waals surface area (Å²) in [4.78, 5) is 41.9. The summed E-state index contributed by atoms with van der Waals surface area (Å²) in [5, 5.41) is 22.2. The predicted octanol–water partition coefficient (Wildman–Crippen LogP) is 2.13. The lowest BCUT2D eigenvalue weighted by Crippen LogP contribution is -2.60. The number of H-pyrrole nitrogens is 1. The molecule has 0 radical (unpaired) electrons. The molecular weight excluding hydrogens is 506 g/mol. The van der Waals surface area contributed by atoms with Gasteiger partial charge in [-0.05, 0) is 44.4 Å². The number of hydrogen-bond acceptors (Lipinski definition) is 8. The molecular formula is C24H26F2N6O4S. The van der Waals surface area contributed by atoms with Crippen LogP contribution in [0.4, 0.5) is 8.78 Å². The van der Waals surface area contributed by atoms with Crippen molar-refractivity contribution in [3.8, 4) is 16.3 Å². The Balaban J connectivity index is 1.55. The number of nitrogens with one attached hydrogen (secondary N) is 2. The molecule has 2 amide bonds. The molecule has 2 aromatic heterocycles. The van der Waals surface area contributed by atoms with Gasteiger partial charge in [-0.3, -0.25) is 19.7 Å². The zero-order valence-electron chi connectivity index (χ0n) is 20.2.